The lowest BCUT2D eigenvalue weighted by molar-refractivity contribution is -0.115. The number of benzene rings is 1. The molecule has 2 atom stereocenters. The Labute approximate surface area is 153 Å². The highest BCUT2D eigenvalue weighted by Gasteiger charge is 2.16. The van der Waals surface area contributed by atoms with Crippen molar-refractivity contribution in [3.63, 3.8) is 0 Å². The first kappa shape index (κ1) is 20.0. The van der Waals surface area contributed by atoms with Gasteiger partial charge in [-0.3, -0.25) is 4.79 Å². The lowest BCUT2D eigenvalue weighted by Crippen LogP contribution is -2.31. The molecule has 6 nitrogen and oxygen atoms in total. The van der Waals surface area contributed by atoms with Gasteiger partial charge in [-0.15, -0.1) is 0 Å². The van der Waals surface area contributed by atoms with Gasteiger partial charge in [-0.1, -0.05) is 0 Å². The Morgan fingerprint density at radius 3 is 2.88 bits per heavy atom. The molecule has 0 aromatic heterocycles. The van der Waals surface area contributed by atoms with Crippen molar-refractivity contribution in [1.82, 2.24) is 0 Å². The molecule has 1 aromatic rings. The van der Waals surface area contributed by atoms with Gasteiger partial charge in [0.2, 0.25) is 5.91 Å². The third kappa shape index (κ3) is 8.09. The van der Waals surface area contributed by atoms with Crippen molar-refractivity contribution >= 4 is 23.4 Å². The third-order valence-corrected chi connectivity index (χ3v) is 4.37. The van der Waals surface area contributed by atoms with Crippen molar-refractivity contribution in [2.24, 2.45) is 0 Å². The van der Waals surface area contributed by atoms with E-state index in [2.05, 4.69) is 5.32 Å². The third-order valence-electron chi connectivity index (χ3n) is 3.76. The zero-order valence-corrected chi connectivity index (χ0v) is 15.4. The van der Waals surface area contributed by atoms with E-state index in [1.54, 1.807) is 36.0 Å². The summed E-state index contributed by atoms with van der Waals surface area (Å²) in [6.45, 7) is 1.78. The van der Waals surface area contributed by atoms with Crippen LogP contribution in [-0.4, -0.2) is 61.7 Å². The summed E-state index contributed by atoms with van der Waals surface area (Å²) >= 11 is 1.64. The summed E-state index contributed by atoms with van der Waals surface area (Å²) in [6.07, 6.45) is 3.82. The number of nitrogens with one attached hydrogen (secondary N) is 1. The van der Waals surface area contributed by atoms with Crippen molar-refractivity contribution < 1.29 is 24.1 Å². The Balaban J connectivity index is 1.65. The zero-order chi connectivity index (χ0) is 17.9. The van der Waals surface area contributed by atoms with Crippen LogP contribution in [0.15, 0.2) is 24.3 Å². The molecule has 0 spiro atoms. The maximum atomic E-state index is 11.7. The number of amides is 1. The lowest BCUT2D eigenvalue weighted by atomic mass is 10.2. The van der Waals surface area contributed by atoms with Crippen molar-refractivity contribution in [1.29, 1.82) is 0 Å². The second-order valence-corrected chi connectivity index (χ2v) is 6.94. The predicted octanol–water partition coefficient (Wildman–Crippen LogP) is 2.31. The van der Waals surface area contributed by atoms with E-state index in [0.29, 0.717) is 18.8 Å². The number of rotatable bonds is 10. The van der Waals surface area contributed by atoms with Gasteiger partial charge in [0.15, 0.2) is 0 Å². The van der Waals surface area contributed by atoms with Crippen LogP contribution in [0.1, 0.15) is 19.3 Å². The van der Waals surface area contributed by atoms with Crippen LogP contribution in [0.4, 0.5) is 5.69 Å². The molecular formula is C18H27NO5S. The molecule has 2 N–H and O–H groups in total. The Morgan fingerprint density at radius 2 is 2.20 bits per heavy atom. The highest BCUT2D eigenvalue weighted by Crippen LogP contribution is 2.16. The number of hydrogen-bond donors (Lipinski definition) is 2. The molecule has 1 saturated heterocycles. The first-order valence-corrected chi connectivity index (χ1v) is 9.96. The molecule has 1 aliphatic rings. The molecular weight excluding hydrogens is 342 g/mol. The number of carbonyl (C=O) groups excluding carboxylic acids is 1. The van der Waals surface area contributed by atoms with E-state index < -0.39 is 6.10 Å². The van der Waals surface area contributed by atoms with Gasteiger partial charge in [-0.2, -0.15) is 11.8 Å². The normalized spacial score (nSPS) is 18.6. The van der Waals surface area contributed by atoms with Crippen LogP contribution < -0.4 is 10.1 Å². The van der Waals surface area contributed by atoms with Crippen molar-refractivity contribution in [2.75, 3.05) is 43.8 Å². The highest BCUT2D eigenvalue weighted by atomic mass is 32.2. The van der Waals surface area contributed by atoms with Gasteiger partial charge >= 0.3 is 0 Å². The zero-order valence-electron chi connectivity index (χ0n) is 14.6. The second-order valence-electron chi connectivity index (χ2n) is 5.95. The van der Waals surface area contributed by atoms with E-state index in [1.807, 2.05) is 6.26 Å². The molecule has 0 bridgehead atoms. The molecule has 2 rings (SSSR count). The Morgan fingerprint density at radius 1 is 1.40 bits per heavy atom. The quantitative estimate of drug-likeness (QED) is 0.659. The van der Waals surface area contributed by atoms with Crippen molar-refractivity contribution in [2.45, 2.75) is 31.5 Å². The Kier molecular flexibility index (Phi) is 9.10. The van der Waals surface area contributed by atoms with Crippen LogP contribution in [0.2, 0.25) is 0 Å². The van der Waals surface area contributed by atoms with Gasteiger partial charge in [0, 0.05) is 24.5 Å². The van der Waals surface area contributed by atoms with Crippen LogP contribution in [0.5, 0.6) is 5.75 Å². The topological polar surface area (TPSA) is 77.0 Å². The minimum Gasteiger partial charge on any atom is -0.491 e. The van der Waals surface area contributed by atoms with Gasteiger partial charge in [0.1, 0.15) is 18.5 Å². The fourth-order valence-electron chi connectivity index (χ4n) is 2.38. The maximum absolute atomic E-state index is 11.7. The molecule has 7 heteroatoms. The molecule has 0 radical (unpaired) electrons. The summed E-state index contributed by atoms with van der Waals surface area (Å²) < 4.78 is 16.5. The molecule has 140 valence electrons. The van der Waals surface area contributed by atoms with Gasteiger partial charge in [0.05, 0.1) is 19.3 Å². The minimum absolute atomic E-state index is 0.00211. The fraction of sp³-hybridized carbons (Fsp3) is 0.611. The first-order chi connectivity index (χ1) is 12.2. The average molecular weight is 369 g/mol. The molecule has 1 aromatic carbocycles. The molecule has 25 heavy (non-hydrogen) atoms. The number of aliphatic hydroxyl groups excluding tert-OH is 1. The van der Waals surface area contributed by atoms with E-state index in [0.717, 1.165) is 30.9 Å². The summed E-state index contributed by atoms with van der Waals surface area (Å²) in [5.74, 6) is 1.45. The van der Waals surface area contributed by atoms with Gasteiger partial charge in [0.25, 0.3) is 0 Å². The molecule has 1 heterocycles. The molecule has 0 saturated carbocycles. The van der Waals surface area contributed by atoms with E-state index in [4.69, 9.17) is 14.2 Å². The number of aliphatic hydroxyl groups is 1. The Bertz CT molecular complexity index is 505. The number of ether oxygens (including phenoxy) is 3. The largest absolute Gasteiger partial charge is 0.491 e. The summed E-state index contributed by atoms with van der Waals surface area (Å²) in [7, 11) is 0. The molecule has 1 aliphatic heterocycles. The van der Waals surface area contributed by atoms with Crippen LogP contribution >= 0.6 is 11.8 Å². The van der Waals surface area contributed by atoms with E-state index >= 15 is 0 Å². The monoisotopic (exact) mass is 369 g/mol. The number of anilines is 1. The minimum atomic E-state index is -0.687. The van der Waals surface area contributed by atoms with Crippen LogP contribution in [0.3, 0.4) is 0 Å². The number of carbonyl (C=O) groups is 1. The van der Waals surface area contributed by atoms with E-state index in [1.165, 1.54) is 0 Å². The smallest absolute Gasteiger partial charge is 0.225 e. The second kappa shape index (κ2) is 11.4. The van der Waals surface area contributed by atoms with Crippen LogP contribution in [0.25, 0.3) is 0 Å². The van der Waals surface area contributed by atoms with Gasteiger partial charge in [-0.25, -0.2) is 0 Å². The predicted molar refractivity (Wildman–Crippen MR) is 99.4 cm³/mol. The molecule has 1 fully saturated rings. The summed E-state index contributed by atoms with van der Waals surface area (Å²) in [4.78, 5) is 11.7. The highest BCUT2D eigenvalue weighted by molar-refractivity contribution is 7.98. The SMILES string of the molecule is CSCCC(=O)Nc1ccc(OCC(O)COC2CCCOC2)cc1. The van der Waals surface area contributed by atoms with Crippen molar-refractivity contribution in [3.05, 3.63) is 24.3 Å². The maximum Gasteiger partial charge on any atom is 0.225 e. The first-order valence-electron chi connectivity index (χ1n) is 8.56. The lowest BCUT2D eigenvalue weighted by Gasteiger charge is -2.23. The summed E-state index contributed by atoms with van der Waals surface area (Å²) in [6, 6.07) is 7.11. The van der Waals surface area contributed by atoms with Gasteiger partial charge in [-0.05, 0) is 43.4 Å². The van der Waals surface area contributed by atoms with Crippen molar-refractivity contribution in [3.8, 4) is 5.75 Å². The summed E-state index contributed by atoms with van der Waals surface area (Å²) in [5, 5.41) is 12.8. The molecule has 1 amide bonds. The van der Waals surface area contributed by atoms with Gasteiger partial charge < -0.3 is 24.6 Å². The molecule has 0 aliphatic carbocycles. The van der Waals surface area contributed by atoms with Crippen LogP contribution in [0, 0.1) is 0 Å². The number of hydrogen-bond acceptors (Lipinski definition) is 6. The van der Waals surface area contributed by atoms with Crippen LogP contribution in [-0.2, 0) is 14.3 Å². The standard InChI is InChI=1S/C18H27NO5S/c1-25-10-8-18(21)19-14-4-6-16(7-5-14)23-11-15(20)12-24-17-3-2-9-22-13-17/h4-7,15,17,20H,2-3,8-13H2,1H3,(H,19,21). The summed E-state index contributed by atoms with van der Waals surface area (Å²) in [5.41, 5.74) is 0.736. The van der Waals surface area contributed by atoms with E-state index in [9.17, 15) is 9.90 Å². The number of thioether (sulfide) groups is 1. The van der Waals surface area contributed by atoms with E-state index in [-0.39, 0.29) is 25.2 Å². The fourth-order valence-corrected chi connectivity index (χ4v) is 2.77. The average Bonchev–Trinajstić information content (AvgIpc) is 2.65. The Hall–Kier alpha value is -1.28. The molecule has 2 unspecified atom stereocenters.